The van der Waals surface area contributed by atoms with Crippen LogP contribution in [0.1, 0.15) is 15.9 Å². The van der Waals surface area contributed by atoms with Gasteiger partial charge in [0.1, 0.15) is 0 Å². The van der Waals surface area contributed by atoms with Gasteiger partial charge in [-0.1, -0.05) is 29.8 Å². The van der Waals surface area contributed by atoms with Crippen molar-refractivity contribution in [2.24, 2.45) is 0 Å². The van der Waals surface area contributed by atoms with Gasteiger partial charge in [-0.05, 0) is 12.5 Å². The predicted molar refractivity (Wildman–Crippen MR) is 59.3 cm³/mol. The number of hydrogen-bond acceptors (Lipinski definition) is 2. The van der Waals surface area contributed by atoms with Crippen molar-refractivity contribution in [1.29, 1.82) is 0 Å². The third-order valence-corrected chi connectivity index (χ3v) is 1.91. The van der Waals surface area contributed by atoms with E-state index in [9.17, 15) is 9.90 Å². The standard InChI is InChI=1S/C8H7ClO2.C3H9N/c1-5-3-2-4-6(7(5)9)8(10)11;1-4(2)3/h2-4H,1H3,(H,10,11);1-3H3. The molecule has 0 spiro atoms. The van der Waals surface area contributed by atoms with Crippen LogP contribution in [0.25, 0.3) is 0 Å². The van der Waals surface area contributed by atoms with E-state index in [-0.39, 0.29) is 10.6 Å². The number of carbonyl (C=O) groups excluding carboxylic acids is 1. The summed E-state index contributed by atoms with van der Waals surface area (Å²) >= 11 is 5.67. The van der Waals surface area contributed by atoms with E-state index in [2.05, 4.69) is 21.1 Å². The summed E-state index contributed by atoms with van der Waals surface area (Å²) in [5.41, 5.74) is 0.792. The first-order valence-corrected chi connectivity index (χ1v) is 4.97. The summed E-state index contributed by atoms with van der Waals surface area (Å²) in [5.74, 6) is -1.24. The summed E-state index contributed by atoms with van der Waals surface area (Å²) in [4.78, 5) is 11.8. The first kappa shape index (κ1) is 13.9. The Hall–Kier alpha value is -1.06. The van der Waals surface area contributed by atoms with Crippen molar-refractivity contribution < 1.29 is 14.8 Å². The molecule has 0 amide bonds. The van der Waals surface area contributed by atoms with Crippen molar-refractivity contribution in [2.45, 2.75) is 6.92 Å². The van der Waals surface area contributed by atoms with Crippen LogP contribution in [0.3, 0.4) is 0 Å². The topological polar surface area (TPSA) is 44.6 Å². The number of aryl methyl sites for hydroxylation is 1. The number of carbonyl (C=O) groups is 1. The number of nitrogens with one attached hydrogen (secondary N) is 1. The fraction of sp³-hybridized carbons (Fsp3) is 0.364. The SMILES string of the molecule is C[NH+](C)C.Cc1cccc(C(=O)[O-])c1Cl. The van der Waals surface area contributed by atoms with Gasteiger partial charge in [-0.3, -0.25) is 0 Å². The van der Waals surface area contributed by atoms with Gasteiger partial charge in [0.25, 0.3) is 0 Å². The average Bonchev–Trinajstić information content (AvgIpc) is 2.08. The second kappa shape index (κ2) is 6.43. The number of halogens is 1. The van der Waals surface area contributed by atoms with Gasteiger partial charge in [0.15, 0.2) is 0 Å². The van der Waals surface area contributed by atoms with E-state index in [1.165, 1.54) is 11.0 Å². The molecule has 3 nitrogen and oxygen atoms in total. The highest BCUT2D eigenvalue weighted by Crippen LogP contribution is 2.18. The molecule has 0 aromatic heterocycles. The Morgan fingerprint density at radius 2 is 1.80 bits per heavy atom. The summed E-state index contributed by atoms with van der Waals surface area (Å²) in [6.07, 6.45) is 0. The molecule has 0 aliphatic carbocycles. The summed E-state index contributed by atoms with van der Waals surface area (Å²) < 4.78 is 0. The quantitative estimate of drug-likeness (QED) is 0.723. The van der Waals surface area contributed by atoms with Gasteiger partial charge in [-0.15, -0.1) is 0 Å². The summed E-state index contributed by atoms with van der Waals surface area (Å²) in [7, 11) is 6.25. The van der Waals surface area contributed by atoms with Crippen LogP contribution in [0.15, 0.2) is 18.2 Å². The highest BCUT2D eigenvalue weighted by molar-refractivity contribution is 6.34. The summed E-state index contributed by atoms with van der Waals surface area (Å²) in [6, 6.07) is 4.80. The number of hydrogen-bond donors (Lipinski definition) is 1. The molecule has 1 rings (SSSR count). The summed E-state index contributed by atoms with van der Waals surface area (Å²) in [5, 5.41) is 10.6. The van der Waals surface area contributed by atoms with Crippen LogP contribution < -0.4 is 10.0 Å². The number of quaternary nitrogens is 1. The lowest BCUT2D eigenvalue weighted by Crippen LogP contribution is -3.02. The molecule has 0 atom stereocenters. The van der Waals surface area contributed by atoms with Crippen molar-refractivity contribution >= 4 is 17.6 Å². The monoisotopic (exact) mass is 229 g/mol. The summed E-state index contributed by atoms with van der Waals surface area (Å²) in [6.45, 7) is 1.74. The number of carboxylic acids is 1. The van der Waals surface area contributed by atoms with Gasteiger partial charge in [-0.25, -0.2) is 0 Å². The predicted octanol–water partition coefficient (Wildman–Crippen LogP) is -0.227. The minimum Gasteiger partial charge on any atom is -0.545 e. The molecule has 0 radical (unpaired) electrons. The molecule has 4 heteroatoms. The van der Waals surface area contributed by atoms with Crippen LogP contribution in [0.5, 0.6) is 0 Å². The van der Waals surface area contributed by atoms with E-state index in [0.29, 0.717) is 0 Å². The van der Waals surface area contributed by atoms with Crippen LogP contribution in [0.2, 0.25) is 5.02 Å². The molecule has 0 aliphatic rings. The largest absolute Gasteiger partial charge is 0.545 e. The van der Waals surface area contributed by atoms with Gasteiger partial charge < -0.3 is 14.8 Å². The van der Waals surface area contributed by atoms with Gasteiger partial charge in [0.05, 0.1) is 32.1 Å². The van der Waals surface area contributed by atoms with Crippen LogP contribution in [0.4, 0.5) is 0 Å². The zero-order valence-corrected chi connectivity index (χ0v) is 10.2. The van der Waals surface area contributed by atoms with Gasteiger partial charge in [0.2, 0.25) is 0 Å². The number of benzene rings is 1. The minimum absolute atomic E-state index is 0.0478. The first-order chi connectivity index (χ1) is 6.86. The number of rotatable bonds is 1. The highest BCUT2D eigenvalue weighted by Gasteiger charge is 2.01. The Bertz CT molecular complexity index is 335. The molecule has 0 heterocycles. The normalized spacial score (nSPS) is 9.47. The van der Waals surface area contributed by atoms with Crippen molar-refractivity contribution in [3.63, 3.8) is 0 Å². The lowest BCUT2D eigenvalue weighted by Gasteiger charge is -2.05. The van der Waals surface area contributed by atoms with Crippen LogP contribution in [0, 0.1) is 6.92 Å². The Morgan fingerprint density at radius 1 is 1.33 bits per heavy atom. The van der Waals surface area contributed by atoms with E-state index < -0.39 is 5.97 Å². The van der Waals surface area contributed by atoms with Crippen molar-refractivity contribution in [1.82, 2.24) is 0 Å². The fourth-order valence-corrected chi connectivity index (χ4v) is 1.01. The lowest BCUT2D eigenvalue weighted by atomic mass is 10.1. The number of carboxylic acid groups (broad SMARTS) is 1. The van der Waals surface area contributed by atoms with E-state index in [0.717, 1.165) is 5.56 Å². The third kappa shape index (κ3) is 5.40. The second-order valence-electron chi connectivity index (χ2n) is 3.72. The molecule has 84 valence electrons. The molecular weight excluding hydrogens is 214 g/mol. The Balaban J connectivity index is 0.000000423. The molecular formula is C11H16ClNO2. The van der Waals surface area contributed by atoms with Gasteiger partial charge >= 0.3 is 0 Å². The zero-order chi connectivity index (χ0) is 12.0. The molecule has 1 N–H and O–H groups in total. The molecule has 1 aromatic carbocycles. The van der Waals surface area contributed by atoms with Crippen molar-refractivity contribution in [3.05, 3.63) is 34.3 Å². The molecule has 0 saturated carbocycles. The maximum Gasteiger partial charge on any atom is 0.0730 e. The van der Waals surface area contributed by atoms with Gasteiger partial charge in [-0.2, -0.15) is 0 Å². The molecule has 1 aromatic rings. The molecule has 0 bridgehead atoms. The van der Waals surface area contributed by atoms with E-state index in [1.807, 2.05) is 0 Å². The molecule has 0 fully saturated rings. The minimum atomic E-state index is -1.24. The third-order valence-electron chi connectivity index (χ3n) is 1.41. The Kier molecular flexibility index (Phi) is 5.97. The Morgan fingerprint density at radius 3 is 2.13 bits per heavy atom. The van der Waals surface area contributed by atoms with Crippen LogP contribution in [-0.2, 0) is 0 Å². The van der Waals surface area contributed by atoms with E-state index >= 15 is 0 Å². The average molecular weight is 230 g/mol. The lowest BCUT2D eigenvalue weighted by molar-refractivity contribution is -0.836. The fourth-order valence-electron chi connectivity index (χ4n) is 0.805. The molecule has 0 aliphatic heterocycles. The van der Waals surface area contributed by atoms with Crippen LogP contribution >= 0.6 is 11.6 Å². The Labute approximate surface area is 95.3 Å². The van der Waals surface area contributed by atoms with Crippen molar-refractivity contribution in [3.8, 4) is 0 Å². The second-order valence-corrected chi connectivity index (χ2v) is 4.10. The maximum absolute atomic E-state index is 10.4. The maximum atomic E-state index is 10.4. The highest BCUT2D eigenvalue weighted by atomic mass is 35.5. The molecule has 0 saturated heterocycles. The van der Waals surface area contributed by atoms with Gasteiger partial charge in [0, 0.05) is 5.56 Å². The zero-order valence-electron chi connectivity index (χ0n) is 9.43. The molecule has 15 heavy (non-hydrogen) atoms. The van der Waals surface area contributed by atoms with Crippen molar-refractivity contribution in [2.75, 3.05) is 21.1 Å². The first-order valence-electron chi connectivity index (χ1n) is 4.59. The smallest absolute Gasteiger partial charge is 0.0730 e. The molecule has 0 unspecified atom stereocenters. The number of aromatic carboxylic acids is 1. The van der Waals surface area contributed by atoms with Crippen LogP contribution in [-0.4, -0.2) is 27.1 Å². The van der Waals surface area contributed by atoms with E-state index in [4.69, 9.17) is 11.6 Å². The van der Waals surface area contributed by atoms with E-state index in [1.54, 1.807) is 19.1 Å².